The van der Waals surface area contributed by atoms with Crippen molar-refractivity contribution in [3.8, 4) is 5.75 Å². The van der Waals surface area contributed by atoms with Crippen LogP contribution in [0.2, 0.25) is 0 Å². The molecule has 0 aromatic heterocycles. The summed E-state index contributed by atoms with van der Waals surface area (Å²) in [4.78, 5) is -0.211. The fraction of sp³-hybridized carbons (Fsp3) is 0.294. The zero-order valence-corrected chi connectivity index (χ0v) is 13.9. The molecule has 8 heteroatoms. The molecule has 0 bridgehead atoms. The fourth-order valence-corrected chi connectivity index (χ4v) is 4.21. The summed E-state index contributed by atoms with van der Waals surface area (Å²) < 4.78 is 68.1. The van der Waals surface area contributed by atoms with Gasteiger partial charge in [-0.05, 0) is 30.5 Å². The fourth-order valence-electron chi connectivity index (χ4n) is 2.50. The molecule has 3 rings (SSSR count). The molecule has 1 aliphatic rings. The summed E-state index contributed by atoms with van der Waals surface area (Å²) in [6, 6.07) is 13.4. The van der Waals surface area contributed by atoms with Gasteiger partial charge >= 0.3 is 6.36 Å². The van der Waals surface area contributed by atoms with E-state index in [1.807, 2.05) is 30.3 Å². The second-order valence-electron chi connectivity index (χ2n) is 5.79. The molecule has 1 saturated carbocycles. The van der Waals surface area contributed by atoms with Crippen LogP contribution < -0.4 is 4.74 Å². The monoisotopic (exact) mass is 371 g/mol. The zero-order valence-electron chi connectivity index (χ0n) is 13.1. The lowest BCUT2D eigenvalue weighted by Crippen LogP contribution is -2.32. The van der Waals surface area contributed by atoms with Crippen LogP contribution in [-0.4, -0.2) is 25.1 Å². The van der Waals surface area contributed by atoms with Crippen LogP contribution in [0.5, 0.6) is 5.75 Å². The average Bonchev–Trinajstić information content (AvgIpc) is 3.37. The Hall–Kier alpha value is -2.06. The summed E-state index contributed by atoms with van der Waals surface area (Å²) in [7, 11) is -3.93. The summed E-state index contributed by atoms with van der Waals surface area (Å²) in [5.74, 6) is -0.552. The molecule has 4 nitrogen and oxygen atoms in total. The molecular formula is C17H16F3NO3S. The smallest absolute Gasteiger partial charge is 0.406 e. The van der Waals surface area contributed by atoms with Crippen LogP contribution in [-0.2, 0) is 16.6 Å². The van der Waals surface area contributed by atoms with Crippen molar-refractivity contribution in [1.29, 1.82) is 0 Å². The Bertz CT molecular complexity index is 834. The van der Waals surface area contributed by atoms with E-state index in [4.69, 9.17) is 0 Å². The van der Waals surface area contributed by atoms with Crippen LogP contribution in [0.4, 0.5) is 13.2 Å². The highest BCUT2D eigenvalue weighted by Crippen LogP contribution is 2.34. The van der Waals surface area contributed by atoms with E-state index in [-0.39, 0.29) is 17.5 Å². The molecule has 0 saturated heterocycles. The highest BCUT2D eigenvalue weighted by molar-refractivity contribution is 7.89. The number of hydrogen-bond donors (Lipinski definition) is 0. The van der Waals surface area contributed by atoms with Gasteiger partial charge in [0.15, 0.2) is 0 Å². The molecule has 0 heterocycles. The molecule has 2 aromatic carbocycles. The number of nitrogens with zero attached hydrogens (tertiary/aromatic N) is 1. The van der Waals surface area contributed by atoms with E-state index in [2.05, 4.69) is 4.74 Å². The number of rotatable bonds is 6. The Morgan fingerprint density at radius 1 is 1.04 bits per heavy atom. The van der Waals surface area contributed by atoms with Gasteiger partial charge in [-0.2, -0.15) is 4.31 Å². The van der Waals surface area contributed by atoms with Crippen LogP contribution in [0.3, 0.4) is 0 Å². The second kappa shape index (κ2) is 6.68. The Morgan fingerprint density at radius 3 is 2.32 bits per heavy atom. The number of hydrogen-bond acceptors (Lipinski definition) is 3. The van der Waals surface area contributed by atoms with E-state index in [1.165, 1.54) is 16.4 Å². The zero-order chi connectivity index (χ0) is 18.1. The standard InChI is InChI=1S/C17H16F3NO3S/c18-17(19,20)24-15-7-4-8-16(11-15)25(22,23)21(14-9-10-14)12-13-5-2-1-3-6-13/h1-8,11,14H,9-10,12H2. The van der Waals surface area contributed by atoms with Crippen molar-refractivity contribution in [2.45, 2.75) is 36.7 Å². The first-order valence-electron chi connectivity index (χ1n) is 7.67. The molecule has 0 radical (unpaired) electrons. The molecule has 0 aliphatic heterocycles. The third-order valence-corrected chi connectivity index (χ3v) is 5.68. The average molecular weight is 371 g/mol. The molecule has 0 N–H and O–H groups in total. The van der Waals surface area contributed by atoms with Gasteiger partial charge in [0.25, 0.3) is 0 Å². The van der Waals surface area contributed by atoms with Crippen molar-refractivity contribution in [3.05, 3.63) is 60.2 Å². The predicted molar refractivity (Wildman–Crippen MR) is 85.3 cm³/mol. The van der Waals surface area contributed by atoms with Crippen LogP contribution in [0, 0.1) is 0 Å². The predicted octanol–water partition coefficient (Wildman–Crippen LogP) is 3.94. The van der Waals surface area contributed by atoms with Gasteiger partial charge in [-0.3, -0.25) is 0 Å². The van der Waals surface area contributed by atoms with Crippen molar-refractivity contribution < 1.29 is 26.3 Å². The molecule has 134 valence electrons. The number of alkyl halides is 3. The largest absolute Gasteiger partial charge is 0.573 e. The van der Waals surface area contributed by atoms with E-state index < -0.39 is 22.1 Å². The van der Waals surface area contributed by atoms with Gasteiger partial charge in [0, 0.05) is 18.7 Å². The molecule has 2 aromatic rings. The van der Waals surface area contributed by atoms with Crippen molar-refractivity contribution in [2.24, 2.45) is 0 Å². The molecule has 0 spiro atoms. The van der Waals surface area contributed by atoms with E-state index in [0.29, 0.717) is 0 Å². The molecule has 1 aliphatic carbocycles. The van der Waals surface area contributed by atoms with Crippen LogP contribution in [0.15, 0.2) is 59.5 Å². The SMILES string of the molecule is O=S(=O)(c1cccc(OC(F)(F)F)c1)N(Cc1ccccc1)C1CC1. The van der Waals surface area contributed by atoms with Crippen molar-refractivity contribution in [1.82, 2.24) is 4.31 Å². The maximum absolute atomic E-state index is 12.9. The molecule has 25 heavy (non-hydrogen) atoms. The van der Waals surface area contributed by atoms with Gasteiger partial charge in [-0.25, -0.2) is 8.42 Å². The summed E-state index contributed by atoms with van der Waals surface area (Å²) in [5.41, 5.74) is 0.820. The lowest BCUT2D eigenvalue weighted by Gasteiger charge is -2.22. The Kier molecular flexibility index (Phi) is 4.75. The summed E-state index contributed by atoms with van der Waals surface area (Å²) in [6.45, 7) is 0.179. The van der Waals surface area contributed by atoms with Gasteiger partial charge in [-0.1, -0.05) is 36.4 Å². The van der Waals surface area contributed by atoms with E-state index in [1.54, 1.807) is 0 Å². The Balaban J connectivity index is 1.89. The molecular weight excluding hydrogens is 355 g/mol. The van der Waals surface area contributed by atoms with Gasteiger partial charge in [0.1, 0.15) is 5.75 Å². The van der Waals surface area contributed by atoms with Crippen molar-refractivity contribution in [3.63, 3.8) is 0 Å². The minimum Gasteiger partial charge on any atom is -0.406 e. The van der Waals surface area contributed by atoms with Crippen LogP contribution in [0.1, 0.15) is 18.4 Å². The minimum absolute atomic E-state index is 0.127. The number of sulfonamides is 1. The third kappa shape index (κ3) is 4.52. The van der Waals surface area contributed by atoms with Gasteiger partial charge in [-0.15, -0.1) is 13.2 Å². The summed E-state index contributed by atoms with van der Waals surface area (Å²) in [5, 5.41) is 0. The molecule has 0 atom stereocenters. The molecule has 0 amide bonds. The van der Waals surface area contributed by atoms with Gasteiger partial charge < -0.3 is 4.74 Å². The second-order valence-corrected chi connectivity index (χ2v) is 7.68. The first kappa shape index (κ1) is 17.8. The Labute approximate surface area is 143 Å². The number of ether oxygens (including phenoxy) is 1. The normalized spacial score (nSPS) is 15.4. The van der Waals surface area contributed by atoms with E-state index in [9.17, 15) is 21.6 Å². The van der Waals surface area contributed by atoms with Crippen molar-refractivity contribution in [2.75, 3.05) is 0 Å². The topological polar surface area (TPSA) is 46.6 Å². The lowest BCUT2D eigenvalue weighted by molar-refractivity contribution is -0.274. The van der Waals surface area contributed by atoms with Crippen molar-refractivity contribution >= 4 is 10.0 Å². The molecule has 1 fully saturated rings. The maximum atomic E-state index is 12.9. The van der Waals surface area contributed by atoms with Crippen LogP contribution >= 0.6 is 0 Å². The Morgan fingerprint density at radius 2 is 1.72 bits per heavy atom. The summed E-state index contributed by atoms with van der Waals surface area (Å²) >= 11 is 0. The first-order valence-corrected chi connectivity index (χ1v) is 9.11. The summed E-state index contributed by atoms with van der Waals surface area (Å²) in [6.07, 6.45) is -3.39. The van der Waals surface area contributed by atoms with E-state index in [0.717, 1.165) is 30.5 Å². The molecule has 0 unspecified atom stereocenters. The maximum Gasteiger partial charge on any atom is 0.573 e. The quantitative estimate of drug-likeness (QED) is 0.773. The first-order chi connectivity index (χ1) is 11.8. The van der Waals surface area contributed by atoms with Crippen LogP contribution in [0.25, 0.3) is 0 Å². The number of halogens is 3. The van der Waals surface area contributed by atoms with Gasteiger partial charge in [0.2, 0.25) is 10.0 Å². The highest BCUT2D eigenvalue weighted by atomic mass is 32.2. The lowest BCUT2D eigenvalue weighted by atomic mass is 10.2. The van der Waals surface area contributed by atoms with Gasteiger partial charge in [0.05, 0.1) is 4.90 Å². The highest BCUT2D eigenvalue weighted by Gasteiger charge is 2.38. The minimum atomic E-state index is -4.87. The third-order valence-electron chi connectivity index (χ3n) is 3.78. The van der Waals surface area contributed by atoms with E-state index >= 15 is 0 Å². The number of benzene rings is 2.